The number of aryl methyl sites for hydroxylation is 1. The molecule has 1 aromatic rings. The molecule has 0 aliphatic carbocycles. The molecule has 0 unspecified atom stereocenters. The summed E-state index contributed by atoms with van der Waals surface area (Å²) in [6.07, 6.45) is 0. The van der Waals surface area contributed by atoms with Crippen molar-refractivity contribution in [3.05, 3.63) is 26.5 Å². The summed E-state index contributed by atoms with van der Waals surface area (Å²) in [6, 6.07) is 0. The van der Waals surface area contributed by atoms with E-state index in [0.29, 0.717) is 11.3 Å². The summed E-state index contributed by atoms with van der Waals surface area (Å²) in [5, 5.41) is 13.5. The zero-order chi connectivity index (χ0) is 13.2. The molecule has 0 amide bonds. The second-order valence-electron chi connectivity index (χ2n) is 3.65. The van der Waals surface area contributed by atoms with E-state index in [9.17, 15) is 14.9 Å². The number of pyridine rings is 1. The van der Waals surface area contributed by atoms with Gasteiger partial charge in [-0.15, -0.1) is 0 Å². The molecule has 0 atom stereocenters. The van der Waals surface area contributed by atoms with Crippen molar-refractivity contribution in [3.8, 4) is 0 Å². The minimum absolute atomic E-state index is 0.0153. The van der Waals surface area contributed by atoms with E-state index in [1.807, 2.05) is 0 Å². The number of nitrogens with one attached hydrogen (secondary N) is 1. The smallest absolute Gasteiger partial charge is 0.329 e. The largest absolute Gasteiger partial charge is 0.372 e. The summed E-state index contributed by atoms with van der Waals surface area (Å²) in [5.41, 5.74) is 1.16. The molecular formula is C10H12ClN3O3. The molecule has 0 bridgehead atoms. The lowest BCUT2D eigenvalue weighted by Crippen LogP contribution is -2.13. The SMILES string of the molecule is CC(=O)CNc1c(C)c(C)nc(Cl)c1[N+](=O)[O-]. The first kappa shape index (κ1) is 13.4. The van der Waals surface area contributed by atoms with E-state index in [0.717, 1.165) is 0 Å². The predicted molar refractivity (Wildman–Crippen MR) is 64.5 cm³/mol. The molecule has 1 heterocycles. The molecule has 0 fully saturated rings. The van der Waals surface area contributed by atoms with Crippen LogP contribution in [0.15, 0.2) is 0 Å². The summed E-state index contributed by atoms with van der Waals surface area (Å²) in [6.45, 7) is 4.79. The highest BCUT2D eigenvalue weighted by Crippen LogP contribution is 2.34. The number of Topliss-reactive ketones (excluding diaryl/α,β-unsaturated/α-hetero) is 1. The van der Waals surface area contributed by atoms with Gasteiger partial charge >= 0.3 is 5.69 Å². The maximum atomic E-state index is 10.9. The van der Waals surface area contributed by atoms with Gasteiger partial charge in [0.05, 0.1) is 11.5 Å². The molecule has 0 aliphatic rings. The topological polar surface area (TPSA) is 85.1 Å². The van der Waals surface area contributed by atoms with Gasteiger partial charge in [0.1, 0.15) is 11.5 Å². The number of hydrogen-bond acceptors (Lipinski definition) is 5. The number of aromatic nitrogens is 1. The summed E-state index contributed by atoms with van der Waals surface area (Å²) in [7, 11) is 0. The molecule has 1 rings (SSSR count). The number of nitro groups is 1. The number of halogens is 1. The van der Waals surface area contributed by atoms with Crippen LogP contribution in [0.1, 0.15) is 18.2 Å². The van der Waals surface area contributed by atoms with Crippen LogP contribution in [0.4, 0.5) is 11.4 Å². The first-order valence-electron chi connectivity index (χ1n) is 4.89. The van der Waals surface area contributed by atoms with E-state index in [-0.39, 0.29) is 28.9 Å². The minimum atomic E-state index is -0.607. The van der Waals surface area contributed by atoms with Gasteiger partial charge in [-0.3, -0.25) is 14.9 Å². The van der Waals surface area contributed by atoms with Gasteiger partial charge in [0, 0.05) is 11.3 Å². The normalized spacial score (nSPS) is 10.1. The van der Waals surface area contributed by atoms with E-state index < -0.39 is 4.92 Å². The Bertz CT molecular complexity index is 488. The lowest BCUT2D eigenvalue weighted by molar-refractivity contribution is -0.384. The van der Waals surface area contributed by atoms with Crippen LogP contribution in [-0.4, -0.2) is 22.2 Å². The number of nitrogens with zero attached hydrogens (tertiary/aromatic N) is 2. The van der Waals surface area contributed by atoms with E-state index in [1.54, 1.807) is 13.8 Å². The third kappa shape index (κ3) is 2.91. The van der Waals surface area contributed by atoms with E-state index in [4.69, 9.17) is 11.6 Å². The van der Waals surface area contributed by atoms with Crippen LogP contribution in [0.25, 0.3) is 0 Å². The van der Waals surface area contributed by atoms with Crippen LogP contribution in [-0.2, 0) is 4.79 Å². The Morgan fingerprint density at radius 2 is 2.12 bits per heavy atom. The molecule has 6 nitrogen and oxygen atoms in total. The van der Waals surface area contributed by atoms with Gasteiger partial charge in [0.15, 0.2) is 0 Å². The van der Waals surface area contributed by atoms with E-state index in [2.05, 4.69) is 10.3 Å². The van der Waals surface area contributed by atoms with Gasteiger partial charge in [-0.25, -0.2) is 4.98 Å². The Morgan fingerprint density at radius 1 is 1.53 bits per heavy atom. The molecule has 92 valence electrons. The number of rotatable bonds is 4. The van der Waals surface area contributed by atoms with Crippen LogP contribution in [0.3, 0.4) is 0 Å². The highest BCUT2D eigenvalue weighted by atomic mass is 35.5. The summed E-state index contributed by atoms with van der Waals surface area (Å²) >= 11 is 5.74. The van der Waals surface area contributed by atoms with Gasteiger partial charge in [-0.05, 0) is 20.8 Å². The van der Waals surface area contributed by atoms with Crippen LogP contribution in [0, 0.1) is 24.0 Å². The lowest BCUT2D eigenvalue weighted by atomic mass is 10.1. The molecule has 1 aromatic heterocycles. The second-order valence-corrected chi connectivity index (χ2v) is 4.01. The molecule has 0 radical (unpaired) electrons. The summed E-state index contributed by atoms with van der Waals surface area (Å²) in [5.74, 6) is -0.121. The molecule has 0 saturated carbocycles. The van der Waals surface area contributed by atoms with Crippen molar-refractivity contribution in [1.82, 2.24) is 4.98 Å². The van der Waals surface area contributed by atoms with Crippen molar-refractivity contribution < 1.29 is 9.72 Å². The number of carbonyl (C=O) groups is 1. The van der Waals surface area contributed by atoms with Crippen molar-refractivity contribution in [2.45, 2.75) is 20.8 Å². The fourth-order valence-corrected chi connectivity index (χ4v) is 1.63. The highest BCUT2D eigenvalue weighted by molar-refractivity contribution is 6.32. The molecule has 0 aromatic carbocycles. The maximum absolute atomic E-state index is 10.9. The fourth-order valence-electron chi connectivity index (χ4n) is 1.34. The van der Waals surface area contributed by atoms with Crippen LogP contribution >= 0.6 is 11.6 Å². The monoisotopic (exact) mass is 257 g/mol. The molecule has 7 heteroatoms. The zero-order valence-corrected chi connectivity index (χ0v) is 10.5. The van der Waals surface area contributed by atoms with E-state index >= 15 is 0 Å². The van der Waals surface area contributed by atoms with Crippen molar-refractivity contribution >= 4 is 28.8 Å². The van der Waals surface area contributed by atoms with Crippen molar-refractivity contribution in [2.75, 3.05) is 11.9 Å². The number of carbonyl (C=O) groups excluding carboxylic acids is 1. The fraction of sp³-hybridized carbons (Fsp3) is 0.400. The third-order valence-corrected chi connectivity index (χ3v) is 2.58. The van der Waals surface area contributed by atoms with E-state index in [1.165, 1.54) is 6.92 Å². The minimum Gasteiger partial charge on any atom is -0.372 e. The highest BCUT2D eigenvalue weighted by Gasteiger charge is 2.24. The quantitative estimate of drug-likeness (QED) is 0.508. The average Bonchev–Trinajstić information content (AvgIpc) is 2.20. The Balaban J connectivity index is 3.32. The standard InChI is InChI=1S/C10H12ClN3O3/c1-5(15)4-12-8-6(2)7(3)13-10(11)9(8)14(16)17/h4H2,1-3H3,(H,12,13). The van der Waals surface area contributed by atoms with Crippen LogP contribution in [0.2, 0.25) is 5.15 Å². The summed E-state index contributed by atoms with van der Waals surface area (Å²) in [4.78, 5) is 25.1. The number of hydrogen-bond donors (Lipinski definition) is 1. The Labute approximate surface area is 103 Å². The average molecular weight is 258 g/mol. The van der Waals surface area contributed by atoms with Gasteiger partial charge in [0.2, 0.25) is 5.15 Å². The predicted octanol–water partition coefficient (Wildman–Crippen LogP) is 2.26. The zero-order valence-electron chi connectivity index (χ0n) is 9.70. The first-order chi connectivity index (χ1) is 7.84. The van der Waals surface area contributed by atoms with Gasteiger partial charge < -0.3 is 5.32 Å². The molecule has 1 N–H and O–H groups in total. The van der Waals surface area contributed by atoms with Crippen molar-refractivity contribution in [3.63, 3.8) is 0 Å². The van der Waals surface area contributed by atoms with Gasteiger partial charge in [-0.2, -0.15) is 0 Å². The van der Waals surface area contributed by atoms with Crippen molar-refractivity contribution in [1.29, 1.82) is 0 Å². The van der Waals surface area contributed by atoms with Crippen LogP contribution in [0.5, 0.6) is 0 Å². The first-order valence-corrected chi connectivity index (χ1v) is 5.26. The van der Waals surface area contributed by atoms with Gasteiger partial charge in [0.25, 0.3) is 0 Å². The van der Waals surface area contributed by atoms with Gasteiger partial charge in [-0.1, -0.05) is 11.6 Å². The Morgan fingerprint density at radius 3 is 2.59 bits per heavy atom. The van der Waals surface area contributed by atoms with Crippen LogP contribution < -0.4 is 5.32 Å². The lowest BCUT2D eigenvalue weighted by Gasteiger charge is -2.11. The second kappa shape index (κ2) is 5.09. The number of ketones is 1. The summed E-state index contributed by atoms with van der Waals surface area (Å²) < 4.78 is 0. The third-order valence-electron chi connectivity index (χ3n) is 2.31. The number of anilines is 1. The molecule has 0 saturated heterocycles. The Hall–Kier alpha value is -1.69. The maximum Gasteiger partial charge on any atom is 0.329 e. The molecule has 17 heavy (non-hydrogen) atoms. The molecule has 0 aliphatic heterocycles. The van der Waals surface area contributed by atoms with Crippen molar-refractivity contribution in [2.24, 2.45) is 0 Å². The Kier molecular flexibility index (Phi) is 4.01. The molecule has 0 spiro atoms. The molecular weight excluding hydrogens is 246 g/mol.